The number of nitrogens with one attached hydrogen (secondary N) is 1. The molecule has 3 nitrogen and oxygen atoms in total. The van der Waals surface area contributed by atoms with Gasteiger partial charge < -0.3 is 10.1 Å². The van der Waals surface area contributed by atoms with Crippen molar-refractivity contribution in [2.24, 2.45) is 23.2 Å². The van der Waals surface area contributed by atoms with Gasteiger partial charge in [0.25, 0.3) is 0 Å². The Morgan fingerprint density at radius 3 is 2.21 bits per heavy atom. The van der Waals surface area contributed by atoms with Crippen molar-refractivity contribution in [3.05, 3.63) is 0 Å². The van der Waals surface area contributed by atoms with Gasteiger partial charge in [-0.15, -0.1) is 0 Å². The molecule has 0 spiro atoms. The number of carbonyl (C=O) groups is 1. The van der Waals surface area contributed by atoms with E-state index in [1.807, 2.05) is 0 Å². The quantitative estimate of drug-likeness (QED) is 0.830. The highest BCUT2D eigenvalue weighted by molar-refractivity contribution is 5.76. The number of rotatable bonds is 5. The molecule has 0 saturated heterocycles. The van der Waals surface area contributed by atoms with E-state index < -0.39 is 0 Å². The average Bonchev–Trinajstić information content (AvgIpc) is 2.34. The highest BCUT2D eigenvalue weighted by atomic mass is 16.5. The second-order valence-corrected chi connectivity index (χ2v) is 7.31. The van der Waals surface area contributed by atoms with Gasteiger partial charge in [0.1, 0.15) is 0 Å². The summed E-state index contributed by atoms with van der Waals surface area (Å²) in [4.78, 5) is 11.9. The van der Waals surface area contributed by atoms with Crippen LogP contribution in [0.15, 0.2) is 0 Å². The first-order valence-corrected chi connectivity index (χ1v) is 7.89. The van der Waals surface area contributed by atoms with Crippen LogP contribution in [0.5, 0.6) is 0 Å². The molecule has 0 unspecified atom stereocenters. The van der Waals surface area contributed by atoms with Gasteiger partial charge in [-0.25, -0.2) is 0 Å². The topological polar surface area (TPSA) is 38.3 Å². The van der Waals surface area contributed by atoms with Crippen LogP contribution in [-0.4, -0.2) is 25.7 Å². The van der Waals surface area contributed by atoms with Crippen LogP contribution in [-0.2, 0) is 9.53 Å². The summed E-state index contributed by atoms with van der Waals surface area (Å²) in [5.74, 6) is 3.00. The van der Waals surface area contributed by atoms with Crippen LogP contribution < -0.4 is 5.32 Å². The van der Waals surface area contributed by atoms with E-state index >= 15 is 0 Å². The standard InChI is InChI=1S/C16H27NO2/c1-11(17-15(18)3-4-19-2)16-8-12-5-13(9-16)7-14(6-12)10-16/h11-14H,3-10H2,1-2H3,(H,17,18)/t11-,12?,13?,14?,16?/m0/s1. The van der Waals surface area contributed by atoms with Crippen LogP contribution >= 0.6 is 0 Å². The van der Waals surface area contributed by atoms with E-state index in [0.717, 1.165) is 17.8 Å². The highest BCUT2D eigenvalue weighted by Gasteiger charge is 2.53. The number of carbonyl (C=O) groups excluding carboxylic acids is 1. The van der Waals surface area contributed by atoms with E-state index in [-0.39, 0.29) is 5.91 Å². The summed E-state index contributed by atoms with van der Waals surface area (Å²) in [6.45, 7) is 2.76. The Morgan fingerprint density at radius 1 is 1.21 bits per heavy atom. The summed E-state index contributed by atoms with van der Waals surface area (Å²) < 4.78 is 4.98. The maximum absolute atomic E-state index is 11.9. The van der Waals surface area contributed by atoms with Crippen molar-refractivity contribution in [3.8, 4) is 0 Å². The smallest absolute Gasteiger partial charge is 0.222 e. The number of ether oxygens (including phenoxy) is 1. The molecule has 4 saturated carbocycles. The summed E-state index contributed by atoms with van der Waals surface area (Å²) in [5.41, 5.74) is 0.414. The lowest BCUT2D eigenvalue weighted by atomic mass is 9.48. The van der Waals surface area contributed by atoms with Crippen molar-refractivity contribution in [1.82, 2.24) is 5.32 Å². The molecule has 1 atom stereocenters. The molecule has 1 N–H and O–H groups in total. The van der Waals surface area contributed by atoms with E-state index in [9.17, 15) is 4.79 Å². The molecule has 1 amide bonds. The lowest BCUT2D eigenvalue weighted by molar-refractivity contribution is -0.126. The third kappa shape index (κ3) is 2.54. The number of hydrogen-bond acceptors (Lipinski definition) is 2. The highest BCUT2D eigenvalue weighted by Crippen LogP contribution is 2.61. The molecule has 0 aliphatic heterocycles. The van der Waals surface area contributed by atoms with Crippen molar-refractivity contribution in [1.29, 1.82) is 0 Å². The van der Waals surface area contributed by atoms with Gasteiger partial charge in [0, 0.05) is 19.6 Å². The molecule has 4 aliphatic carbocycles. The molecular formula is C16H27NO2. The van der Waals surface area contributed by atoms with Crippen LogP contribution in [0.2, 0.25) is 0 Å². The number of hydrogen-bond donors (Lipinski definition) is 1. The molecule has 0 aromatic heterocycles. The molecule has 0 aromatic carbocycles. The van der Waals surface area contributed by atoms with Crippen molar-refractivity contribution < 1.29 is 9.53 Å². The normalized spacial score (nSPS) is 41.3. The van der Waals surface area contributed by atoms with Gasteiger partial charge in [-0.05, 0) is 68.6 Å². The second-order valence-electron chi connectivity index (χ2n) is 7.31. The van der Waals surface area contributed by atoms with Crippen molar-refractivity contribution in [2.75, 3.05) is 13.7 Å². The Labute approximate surface area is 116 Å². The minimum absolute atomic E-state index is 0.157. The summed E-state index contributed by atoms with van der Waals surface area (Å²) in [7, 11) is 1.65. The van der Waals surface area contributed by atoms with Crippen molar-refractivity contribution >= 4 is 5.91 Å². The first-order chi connectivity index (χ1) is 9.11. The molecule has 4 aliphatic rings. The summed E-state index contributed by atoms with van der Waals surface area (Å²) >= 11 is 0. The molecule has 3 heteroatoms. The molecule has 0 heterocycles. The lowest BCUT2D eigenvalue weighted by Crippen LogP contribution is -2.55. The Morgan fingerprint density at radius 2 is 1.74 bits per heavy atom. The molecule has 4 rings (SSSR count). The molecule has 19 heavy (non-hydrogen) atoms. The van der Waals surface area contributed by atoms with E-state index in [2.05, 4.69) is 12.2 Å². The Balaban J connectivity index is 1.63. The predicted octanol–water partition coefficient (Wildman–Crippen LogP) is 2.74. The van der Waals surface area contributed by atoms with Gasteiger partial charge in [0.05, 0.1) is 6.61 Å². The van der Waals surface area contributed by atoms with E-state index in [1.165, 1.54) is 38.5 Å². The Hall–Kier alpha value is -0.570. The largest absolute Gasteiger partial charge is 0.384 e. The summed E-state index contributed by atoms with van der Waals surface area (Å²) in [5, 5.41) is 3.25. The van der Waals surface area contributed by atoms with Crippen LogP contribution in [0, 0.1) is 23.2 Å². The third-order valence-electron chi connectivity index (χ3n) is 5.91. The summed E-state index contributed by atoms with van der Waals surface area (Å²) in [6, 6.07) is 0.338. The number of amides is 1. The maximum atomic E-state index is 11.9. The van der Waals surface area contributed by atoms with E-state index in [0.29, 0.717) is 24.5 Å². The van der Waals surface area contributed by atoms with E-state index in [4.69, 9.17) is 4.74 Å². The number of methoxy groups -OCH3 is 1. The van der Waals surface area contributed by atoms with Gasteiger partial charge in [0.15, 0.2) is 0 Å². The Bertz CT molecular complexity index is 317. The lowest BCUT2D eigenvalue weighted by Gasteiger charge is -2.59. The molecule has 0 aromatic rings. The first-order valence-electron chi connectivity index (χ1n) is 7.89. The maximum Gasteiger partial charge on any atom is 0.222 e. The SMILES string of the molecule is COCCC(=O)N[C@@H](C)C12CC3CC(CC(C3)C1)C2. The zero-order valence-electron chi connectivity index (χ0n) is 12.3. The van der Waals surface area contributed by atoms with Gasteiger partial charge in [-0.3, -0.25) is 4.79 Å². The van der Waals surface area contributed by atoms with Gasteiger partial charge in [0.2, 0.25) is 5.91 Å². The monoisotopic (exact) mass is 265 g/mol. The molecular weight excluding hydrogens is 238 g/mol. The third-order valence-corrected chi connectivity index (χ3v) is 5.91. The average molecular weight is 265 g/mol. The first kappa shape index (κ1) is 13.4. The van der Waals surface area contributed by atoms with Crippen LogP contribution in [0.4, 0.5) is 0 Å². The summed E-state index contributed by atoms with van der Waals surface area (Å²) in [6.07, 6.45) is 8.93. The zero-order chi connectivity index (χ0) is 13.5. The van der Waals surface area contributed by atoms with Crippen molar-refractivity contribution in [3.63, 3.8) is 0 Å². The van der Waals surface area contributed by atoms with Crippen LogP contribution in [0.1, 0.15) is 51.9 Å². The molecule has 4 bridgehead atoms. The van der Waals surface area contributed by atoms with Gasteiger partial charge in [-0.1, -0.05) is 0 Å². The van der Waals surface area contributed by atoms with Gasteiger partial charge >= 0.3 is 0 Å². The minimum atomic E-state index is 0.157. The van der Waals surface area contributed by atoms with E-state index in [1.54, 1.807) is 7.11 Å². The van der Waals surface area contributed by atoms with Crippen LogP contribution in [0.25, 0.3) is 0 Å². The fourth-order valence-electron chi connectivity index (χ4n) is 5.37. The molecule has 4 fully saturated rings. The fourth-order valence-corrected chi connectivity index (χ4v) is 5.37. The van der Waals surface area contributed by atoms with Crippen molar-refractivity contribution in [2.45, 2.75) is 57.9 Å². The predicted molar refractivity (Wildman–Crippen MR) is 74.7 cm³/mol. The zero-order valence-corrected chi connectivity index (χ0v) is 12.3. The molecule has 0 radical (unpaired) electrons. The van der Waals surface area contributed by atoms with Crippen LogP contribution in [0.3, 0.4) is 0 Å². The fraction of sp³-hybridized carbons (Fsp3) is 0.938. The second kappa shape index (κ2) is 5.08. The van der Waals surface area contributed by atoms with Gasteiger partial charge in [-0.2, -0.15) is 0 Å². The minimum Gasteiger partial charge on any atom is -0.384 e. The Kier molecular flexibility index (Phi) is 3.59. The molecule has 108 valence electrons.